The zero-order chi connectivity index (χ0) is 19.9. The smallest absolute Gasteiger partial charge is 0.377 e. The highest BCUT2D eigenvalue weighted by molar-refractivity contribution is 5.92. The first-order valence-electron chi connectivity index (χ1n) is 9.58. The van der Waals surface area contributed by atoms with Crippen LogP contribution in [0, 0.1) is 5.92 Å². The summed E-state index contributed by atoms with van der Waals surface area (Å²) in [6.07, 6.45) is 0.665. The number of carbonyl (C=O) groups is 1. The second-order valence-electron chi connectivity index (χ2n) is 7.32. The molecule has 0 aliphatic heterocycles. The molecular formula is C20H29F3N2O2. The summed E-state index contributed by atoms with van der Waals surface area (Å²) in [4.78, 5) is 12.1. The van der Waals surface area contributed by atoms with Crippen molar-refractivity contribution in [3.05, 3.63) is 29.8 Å². The molecule has 0 aromatic heterocycles. The van der Waals surface area contributed by atoms with Crippen LogP contribution in [0.3, 0.4) is 0 Å². The average Bonchev–Trinajstić information content (AvgIpc) is 2.59. The van der Waals surface area contributed by atoms with Crippen molar-refractivity contribution in [3.8, 4) is 0 Å². The van der Waals surface area contributed by atoms with Crippen LogP contribution in [-0.2, 0) is 15.7 Å². The first-order chi connectivity index (χ1) is 12.8. The maximum Gasteiger partial charge on any atom is 0.418 e. The van der Waals surface area contributed by atoms with Crippen LogP contribution >= 0.6 is 0 Å². The Labute approximate surface area is 158 Å². The fraction of sp³-hybridized carbons (Fsp3) is 0.650. The van der Waals surface area contributed by atoms with E-state index in [1.807, 2.05) is 6.92 Å². The minimum absolute atomic E-state index is 0.0893. The van der Waals surface area contributed by atoms with Gasteiger partial charge in [0, 0.05) is 19.0 Å². The Kier molecular flexibility index (Phi) is 8.10. The van der Waals surface area contributed by atoms with Crippen LogP contribution in [0.1, 0.15) is 51.5 Å². The van der Waals surface area contributed by atoms with E-state index in [0.29, 0.717) is 25.2 Å². The summed E-state index contributed by atoms with van der Waals surface area (Å²) in [5.41, 5.74) is -1.05. The van der Waals surface area contributed by atoms with Gasteiger partial charge >= 0.3 is 6.18 Å². The molecule has 1 aliphatic carbocycles. The molecule has 0 spiro atoms. The summed E-state index contributed by atoms with van der Waals surface area (Å²) < 4.78 is 44.8. The lowest BCUT2D eigenvalue weighted by molar-refractivity contribution is -0.137. The highest BCUT2D eigenvalue weighted by Crippen LogP contribution is 2.34. The van der Waals surface area contributed by atoms with Crippen LogP contribution in [0.2, 0.25) is 0 Å². The van der Waals surface area contributed by atoms with Gasteiger partial charge in [-0.1, -0.05) is 31.9 Å². The van der Waals surface area contributed by atoms with Crippen molar-refractivity contribution >= 4 is 11.6 Å². The highest BCUT2D eigenvalue weighted by atomic mass is 19.4. The van der Waals surface area contributed by atoms with E-state index in [2.05, 4.69) is 17.6 Å². The standard InChI is InChI=1S/C20H29F3N2O2/c1-14-7-3-6-10-18(14)27-12-11-24-15(2)13-19(26)25-17-9-5-4-8-16(17)20(21,22)23/h4-5,8-9,14-15,18,24H,3,6-7,10-13H2,1-2H3,(H,25,26). The lowest BCUT2D eigenvalue weighted by Crippen LogP contribution is -2.35. The number of alkyl halides is 3. The maximum absolute atomic E-state index is 13.0. The van der Waals surface area contributed by atoms with E-state index in [1.54, 1.807) is 0 Å². The number of halogens is 3. The minimum Gasteiger partial charge on any atom is -0.377 e. The Bertz CT molecular complexity index is 607. The summed E-state index contributed by atoms with van der Waals surface area (Å²) in [5.74, 6) is 0.129. The maximum atomic E-state index is 13.0. The van der Waals surface area contributed by atoms with Gasteiger partial charge in [-0.25, -0.2) is 0 Å². The fourth-order valence-electron chi connectivity index (χ4n) is 3.44. The number of hydrogen-bond acceptors (Lipinski definition) is 3. The third-order valence-electron chi connectivity index (χ3n) is 4.96. The number of rotatable bonds is 8. The van der Waals surface area contributed by atoms with Crippen molar-refractivity contribution in [2.45, 2.75) is 64.3 Å². The van der Waals surface area contributed by atoms with Crippen LogP contribution in [0.15, 0.2) is 24.3 Å². The van der Waals surface area contributed by atoms with Crippen LogP contribution in [0.5, 0.6) is 0 Å². The topological polar surface area (TPSA) is 50.4 Å². The summed E-state index contributed by atoms with van der Waals surface area (Å²) >= 11 is 0. The first-order valence-corrected chi connectivity index (χ1v) is 9.58. The SMILES string of the molecule is CC(CC(=O)Nc1ccccc1C(F)(F)F)NCCOC1CCCCC1C. The van der Waals surface area contributed by atoms with Crippen LogP contribution in [0.25, 0.3) is 0 Å². The Morgan fingerprint density at radius 1 is 1.26 bits per heavy atom. The van der Waals surface area contributed by atoms with Crippen LogP contribution in [-0.4, -0.2) is 31.2 Å². The Hall–Kier alpha value is -1.60. The van der Waals surface area contributed by atoms with Crippen molar-refractivity contribution in [1.82, 2.24) is 5.32 Å². The number of nitrogens with one attached hydrogen (secondary N) is 2. The zero-order valence-corrected chi connectivity index (χ0v) is 15.9. The number of anilines is 1. The minimum atomic E-state index is -4.50. The Morgan fingerprint density at radius 3 is 2.67 bits per heavy atom. The van der Waals surface area contributed by atoms with Gasteiger partial charge in [0.25, 0.3) is 0 Å². The van der Waals surface area contributed by atoms with Gasteiger partial charge in [0.1, 0.15) is 0 Å². The molecule has 3 atom stereocenters. The second kappa shape index (κ2) is 10.1. The number of para-hydroxylation sites is 1. The molecular weight excluding hydrogens is 357 g/mol. The zero-order valence-electron chi connectivity index (χ0n) is 15.9. The van der Waals surface area contributed by atoms with E-state index in [0.717, 1.165) is 12.5 Å². The van der Waals surface area contributed by atoms with E-state index in [9.17, 15) is 18.0 Å². The summed E-state index contributed by atoms with van der Waals surface area (Å²) in [6.45, 7) is 5.22. The van der Waals surface area contributed by atoms with Gasteiger partial charge in [0.2, 0.25) is 5.91 Å². The third-order valence-corrected chi connectivity index (χ3v) is 4.96. The molecule has 27 heavy (non-hydrogen) atoms. The van der Waals surface area contributed by atoms with Gasteiger partial charge in [-0.15, -0.1) is 0 Å². The van der Waals surface area contributed by atoms with Crippen LogP contribution in [0.4, 0.5) is 18.9 Å². The lowest BCUT2D eigenvalue weighted by Gasteiger charge is -2.29. The van der Waals surface area contributed by atoms with Crippen molar-refractivity contribution in [2.75, 3.05) is 18.5 Å². The lowest BCUT2D eigenvalue weighted by atomic mass is 9.88. The molecule has 0 heterocycles. The van der Waals surface area contributed by atoms with Crippen molar-refractivity contribution < 1.29 is 22.7 Å². The molecule has 1 aliphatic rings. The highest BCUT2D eigenvalue weighted by Gasteiger charge is 2.33. The molecule has 2 rings (SSSR count). The first kappa shape index (κ1) is 21.7. The van der Waals surface area contributed by atoms with E-state index in [1.165, 1.54) is 37.5 Å². The number of carbonyl (C=O) groups excluding carboxylic acids is 1. The van der Waals surface area contributed by atoms with E-state index in [-0.39, 0.29) is 18.2 Å². The van der Waals surface area contributed by atoms with Gasteiger partial charge in [-0.2, -0.15) is 13.2 Å². The molecule has 1 saturated carbocycles. The molecule has 1 aromatic rings. The molecule has 0 radical (unpaired) electrons. The second-order valence-corrected chi connectivity index (χ2v) is 7.32. The third kappa shape index (κ3) is 7.14. The molecule has 0 saturated heterocycles. The number of hydrogen-bond donors (Lipinski definition) is 2. The number of ether oxygens (including phenoxy) is 1. The van der Waals surface area contributed by atoms with Gasteiger partial charge in [0.15, 0.2) is 0 Å². The molecule has 3 unspecified atom stereocenters. The molecule has 7 heteroatoms. The van der Waals surface area contributed by atoms with Gasteiger partial charge in [-0.3, -0.25) is 4.79 Å². The summed E-state index contributed by atoms with van der Waals surface area (Å²) in [5, 5.41) is 5.56. The van der Waals surface area contributed by atoms with Gasteiger partial charge in [0.05, 0.1) is 24.0 Å². The van der Waals surface area contributed by atoms with Gasteiger partial charge in [-0.05, 0) is 37.8 Å². The van der Waals surface area contributed by atoms with Crippen LogP contribution < -0.4 is 10.6 Å². The van der Waals surface area contributed by atoms with E-state index >= 15 is 0 Å². The molecule has 1 aromatic carbocycles. The molecule has 4 nitrogen and oxygen atoms in total. The molecule has 2 N–H and O–H groups in total. The Balaban J connectivity index is 1.71. The normalized spacial score (nSPS) is 21.7. The van der Waals surface area contributed by atoms with Gasteiger partial charge < -0.3 is 15.4 Å². The predicted molar refractivity (Wildman–Crippen MR) is 99.5 cm³/mol. The largest absolute Gasteiger partial charge is 0.418 e. The Morgan fingerprint density at radius 2 is 1.96 bits per heavy atom. The molecule has 1 amide bonds. The number of amides is 1. The van der Waals surface area contributed by atoms with E-state index in [4.69, 9.17) is 4.74 Å². The van der Waals surface area contributed by atoms with Crippen molar-refractivity contribution in [2.24, 2.45) is 5.92 Å². The summed E-state index contributed by atoms with van der Waals surface area (Å²) in [6, 6.07) is 4.83. The molecule has 1 fully saturated rings. The predicted octanol–water partition coefficient (Wildman–Crippen LogP) is 4.61. The molecule has 0 bridgehead atoms. The quantitative estimate of drug-likeness (QED) is 0.642. The van der Waals surface area contributed by atoms with Crippen molar-refractivity contribution in [1.29, 1.82) is 0 Å². The monoisotopic (exact) mass is 386 g/mol. The number of benzene rings is 1. The molecule has 152 valence electrons. The van der Waals surface area contributed by atoms with E-state index < -0.39 is 17.6 Å². The van der Waals surface area contributed by atoms with Crippen molar-refractivity contribution in [3.63, 3.8) is 0 Å². The summed E-state index contributed by atoms with van der Waals surface area (Å²) in [7, 11) is 0. The fourth-order valence-corrected chi connectivity index (χ4v) is 3.44. The average molecular weight is 386 g/mol.